The third-order valence-electron chi connectivity index (χ3n) is 8.44. The van der Waals surface area contributed by atoms with Gasteiger partial charge in [0.05, 0.1) is 17.2 Å². The van der Waals surface area contributed by atoms with Crippen molar-refractivity contribution in [1.29, 1.82) is 0 Å². The summed E-state index contributed by atoms with van der Waals surface area (Å²) in [5, 5.41) is 23.1. The fourth-order valence-electron chi connectivity index (χ4n) is 6.14. The van der Waals surface area contributed by atoms with Gasteiger partial charge in [-0.05, 0) is 76.6 Å². The molecule has 0 spiro atoms. The molecule has 2 aliphatic carbocycles. The van der Waals surface area contributed by atoms with Gasteiger partial charge in [0.2, 0.25) is 0 Å². The monoisotopic (exact) mass is 518 g/mol. The van der Waals surface area contributed by atoms with E-state index in [0.717, 1.165) is 62.8 Å². The summed E-state index contributed by atoms with van der Waals surface area (Å²) in [6, 6.07) is 8.24. The molecule has 2 saturated carbocycles. The van der Waals surface area contributed by atoms with Gasteiger partial charge in [-0.15, -0.1) is 0 Å². The van der Waals surface area contributed by atoms with E-state index in [1.165, 1.54) is 12.8 Å². The summed E-state index contributed by atoms with van der Waals surface area (Å²) < 4.78 is 3.72. The summed E-state index contributed by atoms with van der Waals surface area (Å²) in [4.78, 5) is 28.8. The Kier molecular flexibility index (Phi) is 6.62. The normalized spacial score (nSPS) is 23.0. The van der Waals surface area contributed by atoms with Crippen LogP contribution in [0.2, 0.25) is 0 Å². The molecule has 1 aliphatic heterocycles. The topological polar surface area (TPSA) is 104 Å². The average Bonchev–Trinajstić information content (AvgIpc) is 3.67. The fourth-order valence-corrected chi connectivity index (χ4v) is 6.14. The molecule has 3 N–H and O–H groups in total. The quantitative estimate of drug-likeness (QED) is 0.462. The van der Waals surface area contributed by atoms with E-state index in [1.54, 1.807) is 36.7 Å². The third kappa shape index (κ3) is 5.02. The van der Waals surface area contributed by atoms with Crippen LogP contribution in [0.15, 0.2) is 41.5 Å². The van der Waals surface area contributed by atoms with Gasteiger partial charge in [-0.3, -0.25) is 19.2 Å². The number of fused-ring (bicyclic) bond motifs is 1. The van der Waals surface area contributed by atoms with Crippen LogP contribution in [-0.4, -0.2) is 62.5 Å². The second-order valence-electron chi connectivity index (χ2n) is 11.7. The second-order valence-corrected chi connectivity index (χ2v) is 11.7. The molecule has 6 rings (SSSR count). The van der Waals surface area contributed by atoms with Crippen molar-refractivity contribution in [3.8, 4) is 0 Å². The molecular weight excluding hydrogens is 480 g/mol. The minimum atomic E-state index is -1.20. The maximum atomic E-state index is 13.2. The van der Waals surface area contributed by atoms with E-state index in [1.807, 2.05) is 12.1 Å². The van der Waals surface area contributed by atoms with Crippen molar-refractivity contribution < 1.29 is 9.90 Å². The van der Waals surface area contributed by atoms with E-state index in [4.69, 9.17) is 5.10 Å². The molecule has 2 aromatic heterocycles. The lowest BCUT2D eigenvalue weighted by Gasteiger charge is -2.39. The molecule has 3 aliphatic rings. The first kappa shape index (κ1) is 25.3. The van der Waals surface area contributed by atoms with E-state index in [-0.39, 0.29) is 17.2 Å². The number of pyridine rings is 1. The number of nitrogens with zero attached hydrogens (tertiary/aromatic N) is 4. The van der Waals surface area contributed by atoms with Crippen LogP contribution in [0.1, 0.15) is 80.4 Å². The van der Waals surface area contributed by atoms with Crippen LogP contribution in [0.4, 0.5) is 5.69 Å². The first-order valence-electron chi connectivity index (χ1n) is 14.0. The van der Waals surface area contributed by atoms with E-state index < -0.39 is 11.5 Å². The van der Waals surface area contributed by atoms with Crippen LogP contribution < -0.4 is 16.2 Å². The van der Waals surface area contributed by atoms with Crippen molar-refractivity contribution in [2.45, 2.75) is 76.1 Å². The molecule has 0 radical (unpaired) electrons. The predicted octanol–water partition coefficient (Wildman–Crippen LogP) is 3.40. The Morgan fingerprint density at radius 1 is 1.05 bits per heavy atom. The number of amides is 1. The standard InChI is InChI=1S/C29H38N6O3/c1-29(2,38)24-17-25-19(16-26(24)31-27(36)23-4-3-13-34(28(23)37)21-7-8-21)18-35(32-25)22-9-5-20(6-10-22)33-14-11-30-12-15-33/h3-4,13,16-18,20-22,30,38H,5-12,14-15H2,1-2H3,(H,31,36). The van der Waals surface area contributed by atoms with Crippen molar-refractivity contribution in [2.24, 2.45) is 0 Å². The zero-order valence-corrected chi connectivity index (χ0v) is 22.3. The van der Waals surface area contributed by atoms with Crippen LogP contribution >= 0.6 is 0 Å². The van der Waals surface area contributed by atoms with Crippen molar-refractivity contribution in [3.05, 3.63) is 58.1 Å². The van der Waals surface area contributed by atoms with Crippen LogP contribution in [0.25, 0.3) is 10.9 Å². The molecule has 1 amide bonds. The fraction of sp³-hybridized carbons (Fsp3) is 0.552. The number of rotatable bonds is 6. The highest BCUT2D eigenvalue weighted by Crippen LogP contribution is 2.36. The third-order valence-corrected chi connectivity index (χ3v) is 8.44. The molecule has 38 heavy (non-hydrogen) atoms. The van der Waals surface area contributed by atoms with E-state index in [9.17, 15) is 14.7 Å². The minimum absolute atomic E-state index is 0.109. The van der Waals surface area contributed by atoms with Gasteiger partial charge in [0.1, 0.15) is 5.56 Å². The zero-order valence-electron chi connectivity index (χ0n) is 22.3. The largest absolute Gasteiger partial charge is 0.386 e. The number of nitrogens with one attached hydrogen (secondary N) is 2. The van der Waals surface area contributed by atoms with Crippen molar-refractivity contribution in [3.63, 3.8) is 0 Å². The summed E-state index contributed by atoms with van der Waals surface area (Å²) in [5.74, 6) is -0.464. The van der Waals surface area contributed by atoms with Gasteiger partial charge in [0, 0.05) is 67.3 Å². The van der Waals surface area contributed by atoms with E-state index in [0.29, 0.717) is 23.3 Å². The highest BCUT2D eigenvalue weighted by molar-refractivity contribution is 6.05. The smallest absolute Gasteiger partial charge is 0.263 e. The number of carbonyl (C=O) groups excluding carboxylic acids is 1. The Labute approximate surface area is 222 Å². The molecule has 0 unspecified atom stereocenters. The Morgan fingerprint density at radius 3 is 2.42 bits per heavy atom. The van der Waals surface area contributed by atoms with E-state index >= 15 is 0 Å². The number of hydrogen-bond donors (Lipinski definition) is 3. The molecule has 0 atom stereocenters. The number of aromatic nitrogens is 3. The van der Waals surface area contributed by atoms with Crippen LogP contribution in [0.5, 0.6) is 0 Å². The van der Waals surface area contributed by atoms with Gasteiger partial charge in [0.15, 0.2) is 0 Å². The number of aliphatic hydroxyl groups is 1. The zero-order chi connectivity index (χ0) is 26.4. The number of carbonyl (C=O) groups is 1. The van der Waals surface area contributed by atoms with Crippen LogP contribution in [0, 0.1) is 0 Å². The lowest BCUT2D eigenvalue weighted by molar-refractivity contribution is 0.0793. The molecule has 1 saturated heterocycles. The first-order chi connectivity index (χ1) is 18.3. The van der Waals surface area contributed by atoms with Crippen molar-refractivity contribution in [2.75, 3.05) is 31.5 Å². The highest BCUT2D eigenvalue weighted by atomic mass is 16.3. The average molecular weight is 519 g/mol. The maximum absolute atomic E-state index is 13.2. The minimum Gasteiger partial charge on any atom is -0.386 e. The molecule has 3 heterocycles. The summed E-state index contributed by atoms with van der Waals surface area (Å²) in [6.45, 7) is 7.81. The number of piperazine rings is 1. The molecule has 0 bridgehead atoms. The van der Waals surface area contributed by atoms with Crippen LogP contribution in [-0.2, 0) is 5.60 Å². The summed E-state index contributed by atoms with van der Waals surface area (Å²) in [6.07, 6.45) is 10.3. The summed E-state index contributed by atoms with van der Waals surface area (Å²) in [5.41, 5.74) is 0.496. The molecule has 202 valence electrons. The Balaban J connectivity index is 1.24. The molecule has 3 fully saturated rings. The highest BCUT2D eigenvalue weighted by Gasteiger charge is 2.30. The molecule has 9 nitrogen and oxygen atoms in total. The predicted molar refractivity (Wildman–Crippen MR) is 148 cm³/mol. The second kappa shape index (κ2) is 9.94. The lowest BCUT2D eigenvalue weighted by atomic mass is 9.90. The Morgan fingerprint density at radius 2 is 1.74 bits per heavy atom. The number of benzene rings is 1. The molecular formula is C29H38N6O3. The van der Waals surface area contributed by atoms with Crippen molar-refractivity contribution >= 4 is 22.5 Å². The molecule has 3 aromatic rings. The van der Waals surface area contributed by atoms with Gasteiger partial charge >= 0.3 is 0 Å². The van der Waals surface area contributed by atoms with Gasteiger partial charge in [-0.1, -0.05) is 0 Å². The van der Waals surface area contributed by atoms with Gasteiger partial charge < -0.3 is 20.3 Å². The number of anilines is 1. The first-order valence-corrected chi connectivity index (χ1v) is 14.0. The lowest BCUT2D eigenvalue weighted by Crippen LogP contribution is -2.49. The van der Waals surface area contributed by atoms with Gasteiger partial charge in [0.25, 0.3) is 11.5 Å². The summed E-state index contributed by atoms with van der Waals surface area (Å²) >= 11 is 0. The van der Waals surface area contributed by atoms with Gasteiger partial charge in [-0.25, -0.2) is 0 Å². The molecule has 9 heteroatoms. The Hall–Kier alpha value is -3.01. The van der Waals surface area contributed by atoms with Gasteiger partial charge in [-0.2, -0.15) is 5.10 Å². The SMILES string of the molecule is CC(C)(O)c1cc2nn(C3CCC(N4CCNCC4)CC3)cc2cc1NC(=O)c1cccn(C2CC2)c1=O. The maximum Gasteiger partial charge on any atom is 0.263 e. The van der Waals surface area contributed by atoms with Crippen LogP contribution in [0.3, 0.4) is 0 Å². The Bertz CT molecular complexity index is 1390. The summed E-state index contributed by atoms with van der Waals surface area (Å²) in [7, 11) is 0. The van der Waals surface area contributed by atoms with E-state index in [2.05, 4.69) is 26.4 Å². The van der Waals surface area contributed by atoms with Crippen molar-refractivity contribution in [1.82, 2.24) is 24.6 Å². The number of hydrogen-bond acceptors (Lipinski definition) is 6. The molecule has 1 aromatic carbocycles.